The molecule has 2 heterocycles. The maximum Gasteiger partial charge on any atom is 0.287 e. The summed E-state index contributed by atoms with van der Waals surface area (Å²) in [5.41, 5.74) is 1.63. The fraction of sp³-hybridized carbons (Fsp3) is 0.235. The SMILES string of the molecule is Cc1c(C(=O)NCCSCc2ccco2)oc2ccccc12. The summed E-state index contributed by atoms with van der Waals surface area (Å²) in [7, 11) is 0. The smallest absolute Gasteiger partial charge is 0.287 e. The average molecular weight is 315 g/mol. The van der Waals surface area contributed by atoms with Crippen molar-refractivity contribution in [2.45, 2.75) is 12.7 Å². The highest BCUT2D eigenvalue weighted by atomic mass is 32.2. The van der Waals surface area contributed by atoms with Gasteiger partial charge in [-0.3, -0.25) is 4.79 Å². The average Bonchev–Trinajstić information content (AvgIpc) is 3.15. The maximum absolute atomic E-state index is 12.2. The van der Waals surface area contributed by atoms with Crippen LogP contribution in [0, 0.1) is 6.92 Å². The molecule has 1 N–H and O–H groups in total. The van der Waals surface area contributed by atoms with E-state index in [1.165, 1.54) is 0 Å². The number of carbonyl (C=O) groups excluding carboxylic acids is 1. The second kappa shape index (κ2) is 6.75. The first-order valence-electron chi connectivity index (χ1n) is 7.12. The maximum atomic E-state index is 12.2. The molecule has 0 unspecified atom stereocenters. The minimum absolute atomic E-state index is 0.160. The van der Waals surface area contributed by atoms with Crippen molar-refractivity contribution in [1.82, 2.24) is 5.32 Å². The van der Waals surface area contributed by atoms with Gasteiger partial charge < -0.3 is 14.2 Å². The van der Waals surface area contributed by atoms with Crippen LogP contribution in [0.3, 0.4) is 0 Å². The first kappa shape index (κ1) is 14.8. The molecule has 0 spiro atoms. The van der Waals surface area contributed by atoms with E-state index in [-0.39, 0.29) is 5.91 Å². The molecule has 0 bridgehead atoms. The number of hydrogen-bond acceptors (Lipinski definition) is 4. The predicted molar refractivity (Wildman–Crippen MR) is 88.2 cm³/mol. The molecule has 0 saturated carbocycles. The van der Waals surface area contributed by atoms with Gasteiger partial charge in [-0.15, -0.1) is 0 Å². The van der Waals surface area contributed by atoms with Crippen molar-refractivity contribution in [3.05, 3.63) is 59.7 Å². The fourth-order valence-corrected chi connectivity index (χ4v) is 3.03. The van der Waals surface area contributed by atoms with E-state index in [0.717, 1.165) is 33.8 Å². The van der Waals surface area contributed by atoms with Gasteiger partial charge in [-0.2, -0.15) is 11.8 Å². The van der Waals surface area contributed by atoms with Gasteiger partial charge in [0.1, 0.15) is 11.3 Å². The van der Waals surface area contributed by atoms with Crippen LogP contribution in [0.25, 0.3) is 11.0 Å². The Morgan fingerprint density at radius 3 is 2.86 bits per heavy atom. The number of furan rings is 2. The van der Waals surface area contributed by atoms with E-state index in [1.54, 1.807) is 18.0 Å². The summed E-state index contributed by atoms with van der Waals surface area (Å²) in [6, 6.07) is 11.5. The normalized spacial score (nSPS) is 11.0. The molecule has 3 rings (SSSR count). The van der Waals surface area contributed by atoms with Gasteiger partial charge in [-0.1, -0.05) is 18.2 Å². The Morgan fingerprint density at radius 1 is 1.23 bits per heavy atom. The number of rotatable bonds is 6. The molecule has 3 aromatic rings. The number of amides is 1. The molecular formula is C17H17NO3S. The summed E-state index contributed by atoms with van der Waals surface area (Å²) >= 11 is 1.72. The third-order valence-corrected chi connectivity index (χ3v) is 4.39. The van der Waals surface area contributed by atoms with Crippen molar-refractivity contribution in [3.63, 3.8) is 0 Å². The third-order valence-electron chi connectivity index (χ3n) is 3.41. The van der Waals surface area contributed by atoms with Gasteiger partial charge in [0.05, 0.1) is 12.0 Å². The minimum atomic E-state index is -0.160. The van der Waals surface area contributed by atoms with E-state index >= 15 is 0 Å². The topological polar surface area (TPSA) is 55.4 Å². The van der Waals surface area contributed by atoms with Crippen molar-refractivity contribution in [1.29, 1.82) is 0 Å². The van der Waals surface area contributed by atoms with Crippen LogP contribution in [0.4, 0.5) is 0 Å². The number of hydrogen-bond donors (Lipinski definition) is 1. The van der Waals surface area contributed by atoms with Gasteiger partial charge in [-0.05, 0) is 25.1 Å². The number of fused-ring (bicyclic) bond motifs is 1. The Bertz CT molecular complexity index is 761. The molecule has 0 saturated heterocycles. The van der Waals surface area contributed by atoms with Crippen molar-refractivity contribution in [2.75, 3.05) is 12.3 Å². The molecule has 5 heteroatoms. The van der Waals surface area contributed by atoms with Gasteiger partial charge in [0.15, 0.2) is 5.76 Å². The number of nitrogens with one attached hydrogen (secondary N) is 1. The van der Waals surface area contributed by atoms with E-state index in [0.29, 0.717) is 12.3 Å². The molecular weight excluding hydrogens is 298 g/mol. The van der Waals surface area contributed by atoms with Gasteiger partial charge in [0.25, 0.3) is 5.91 Å². The Hall–Kier alpha value is -2.14. The molecule has 1 amide bonds. The molecule has 0 fully saturated rings. The fourth-order valence-electron chi connectivity index (χ4n) is 2.28. The lowest BCUT2D eigenvalue weighted by atomic mass is 10.1. The zero-order valence-corrected chi connectivity index (χ0v) is 13.1. The number of aryl methyl sites for hydroxylation is 1. The molecule has 0 atom stereocenters. The lowest BCUT2D eigenvalue weighted by Gasteiger charge is -2.03. The van der Waals surface area contributed by atoms with Crippen LogP contribution >= 0.6 is 11.8 Å². The zero-order valence-electron chi connectivity index (χ0n) is 12.3. The molecule has 0 aliphatic carbocycles. The summed E-state index contributed by atoms with van der Waals surface area (Å²) in [6.45, 7) is 2.51. The van der Waals surface area contributed by atoms with Crippen molar-refractivity contribution < 1.29 is 13.6 Å². The molecule has 1 aromatic carbocycles. The number of benzene rings is 1. The molecule has 114 valence electrons. The van der Waals surface area contributed by atoms with Gasteiger partial charge in [-0.25, -0.2) is 0 Å². The second-order valence-corrected chi connectivity index (χ2v) is 6.05. The van der Waals surface area contributed by atoms with Crippen LogP contribution in [0.2, 0.25) is 0 Å². The zero-order chi connectivity index (χ0) is 15.4. The quantitative estimate of drug-likeness (QED) is 0.699. The monoisotopic (exact) mass is 315 g/mol. The Labute approximate surface area is 132 Å². The highest BCUT2D eigenvalue weighted by Crippen LogP contribution is 2.24. The number of thioether (sulfide) groups is 1. The van der Waals surface area contributed by atoms with Crippen molar-refractivity contribution in [3.8, 4) is 0 Å². The first-order chi connectivity index (χ1) is 10.8. The predicted octanol–water partition coefficient (Wildman–Crippen LogP) is 4.00. The summed E-state index contributed by atoms with van der Waals surface area (Å²) in [5.74, 6) is 2.83. The van der Waals surface area contributed by atoms with E-state index < -0.39 is 0 Å². The molecule has 4 nitrogen and oxygen atoms in total. The lowest BCUT2D eigenvalue weighted by molar-refractivity contribution is 0.0930. The number of para-hydroxylation sites is 1. The van der Waals surface area contributed by atoms with Crippen molar-refractivity contribution >= 4 is 28.6 Å². The minimum Gasteiger partial charge on any atom is -0.468 e. The molecule has 2 aromatic heterocycles. The van der Waals surface area contributed by atoms with Gasteiger partial charge >= 0.3 is 0 Å². The Kier molecular flexibility index (Phi) is 4.53. The standard InChI is InChI=1S/C17H17NO3S/c1-12-14-6-2-3-7-15(14)21-16(12)17(19)18-8-10-22-11-13-5-4-9-20-13/h2-7,9H,8,10-11H2,1H3,(H,18,19). The summed E-state index contributed by atoms with van der Waals surface area (Å²) in [6.07, 6.45) is 1.67. The van der Waals surface area contributed by atoms with E-state index in [2.05, 4.69) is 5.32 Å². The number of carbonyl (C=O) groups is 1. The van der Waals surface area contributed by atoms with Crippen LogP contribution in [0.15, 0.2) is 51.5 Å². The van der Waals surface area contributed by atoms with E-state index in [4.69, 9.17) is 8.83 Å². The molecule has 0 radical (unpaired) electrons. The van der Waals surface area contributed by atoms with Crippen LogP contribution in [0.5, 0.6) is 0 Å². The highest BCUT2D eigenvalue weighted by Gasteiger charge is 2.16. The lowest BCUT2D eigenvalue weighted by Crippen LogP contribution is -2.25. The van der Waals surface area contributed by atoms with Crippen LogP contribution < -0.4 is 5.32 Å². The second-order valence-electron chi connectivity index (χ2n) is 4.94. The van der Waals surface area contributed by atoms with Crippen LogP contribution in [-0.4, -0.2) is 18.2 Å². The Balaban J connectivity index is 1.52. The van der Waals surface area contributed by atoms with Crippen molar-refractivity contribution in [2.24, 2.45) is 0 Å². The third kappa shape index (κ3) is 3.20. The highest BCUT2D eigenvalue weighted by molar-refractivity contribution is 7.98. The molecule has 22 heavy (non-hydrogen) atoms. The molecule has 0 aliphatic rings. The first-order valence-corrected chi connectivity index (χ1v) is 8.27. The Morgan fingerprint density at radius 2 is 2.09 bits per heavy atom. The summed E-state index contributed by atoms with van der Waals surface area (Å²) in [4.78, 5) is 12.2. The van der Waals surface area contributed by atoms with E-state index in [9.17, 15) is 4.79 Å². The van der Waals surface area contributed by atoms with Crippen LogP contribution in [0.1, 0.15) is 21.9 Å². The van der Waals surface area contributed by atoms with Gasteiger partial charge in [0.2, 0.25) is 0 Å². The van der Waals surface area contributed by atoms with Crippen LogP contribution in [-0.2, 0) is 5.75 Å². The van der Waals surface area contributed by atoms with Gasteiger partial charge in [0, 0.05) is 23.2 Å². The molecule has 0 aliphatic heterocycles. The largest absolute Gasteiger partial charge is 0.468 e. The summed E-state index contributed by atoms with van der Waals surface area (Å²) in [5, 5.41) is 3.88. The van der Waals surface area contributed by atoms with E-state index in [1.807, 2.05) is 43.3 Å². The summed E-state index contributed by atoms with van der Waals surface area (Å²) < 4.78 is 10.9.